The highest BCUT2D eigenvalue weighted by atomic mass is 79.9. The summed E-state index contributed by atoms with van der Waals surface area (Å²) in [4.78, 5) is 16.3. The number of aliphatic hydroxyl groups excluding tert-OH is 2. The van der Waals surface area contributed by atoms with Crippen LogP contribution in [0.2, 0.25) is 0 Å². The Bertz CT molecular complexity index is 632. The predicted octanol–water partition coefficient (Wildman–Crippen LogP) is 1.04. The summed E-state index contributed by atoms with van der Waals surface area (Å²) in [5, 5.41) is 17.9. The normalized spacial score (nSPS) is 12.8. The van der Waals surface area contributed by atoms with Crippen molar-refractivity contribution >= 4 is 33.3 Å². The Balaban J connectivity index is 2.17. The monoisotopic (exact) mass is 344 g/mol. The van der Waals surface area contributed by atoms with E-state index < -0.39 is 6.10 Å². The minimum Gasteiger partial charge on any atom is -0.394 e. The molecule has 2 heterocycles. The van der Waals surface area contributed by atoms with Gasteiger partial charge in [-0.05, 0) is 28.1 Å². The van der Waals surface area contributed by atoms with E-state index in [1.54, 1.807) is 12.3 Å². The molecule has 0 aliphatic carbocycles. The van der Waals surface area contributed by atoms with Gasteiger partial charge in [0.15, 0.2) is 0 Å². The van der Waals surface area contributed by atoms with Gasteiger partial charge in [0.25, 0.3) is 5.56 Å². The zero-order valence-electron chi connectivity index (χ0n) is 9.99. The van der Waals surface area contributed by atoms with E-state index in [0.717, 1.165) is 4.47 Å². The van der Waals surface area contributed by atoms with Gasteiger partial charge >= 0.3 is 0 Å². The van der Waals surface area contributed by atoms with Crippen LogP contribution in [0.5, 0.6) is 0 Å². The number of halogens is 1. The smallest absolute Gasteiger partial charge is 0.258 e. The van der Waals surface area contributed by atoms with E-state index in [1.165, 1.54) is 22.2 Å². The minimum absolute atomic E-state index is 0.135. The molecule has 0 aliphatic rings. The summed E-state index contributed by atoms with van der Waals surface area (Å²) in [7, 11) is 0. The predicted molar refractivity (Wildman–Crippen MR) is 78.4 cm³/mol. The van der Waals surface area contributed by atoms with Crippen LogP contribution < -0.4 is 5.56 Å². The lowest BCUT2D eigenvalue weighted by Crippen LogP contribution is -2.16. The lowest BCUT2D eigenvalue weighted by Gasteiger charge is -2.07. The van der Waals surface area contributed by atoms with Crippen molar-refractivity contribution < 1.29 is 10.2 Å². The van der Waals surface area contributed by atoms with Gasteiger partial charge in [-0.1, -0.05) is 0 Å². The fourth-order valence-corrected chi connectivity index (χ4v) is 2.74. The zero-order valence-corrected chi connectivity index (χ0v) is 12.4. The Kier molecular flexibility index (Phi) is 4.98. The Morgan fingerprint density at radius 3 is 3.00 bits per heavy atom. The largest absolute Gasteiger partial charge is 0.394 e. The van der Waals surface area contributed by atoms with Crippen LogP contribution in [-0.4, -0.2) is 38.1 Å². The van der Waals surface area contributed by atoms with Crippen molar-refractivity contribution in [3.8, 4) is 0 Å². The third-order valence-corrected chi connectivity index (χ3v) is 4.04. The number of pyridine rings is 1. The molecule has 0 amide bonds. The lowest BCUT2D eigenvalue weighted by atomic mass is 10.4. The molecule has 0 aliphatic heterocycles. The second kappa shape index (κ2) is 6.51. The molecular formula is C12H13BrN2O3S. The molecule has 5 nitrogen and oxygen atoms in total. The van der Waals surface area contributed by atoms with Crippen LogP contribution in [0.1, 0.15) is 5.69 Å². The van der Waals surface area contributed by atoms with Gasteiger partial charge in [0.2, 0.25) is 0 Å². The second-order valence-corrected chi connectivity index (χ2v) is 5.96. The molecule has 102 valence electrons. The topological polar surface area (TPSA) is 74.8 Å². The van der Waals surface area contributed by atoms with Crippen molar-refractivity contribution in [2.24, 2.45) is 0 Å². The first-order valence-corrected chi connectivity index (χ1v) is 7.59. The lowest BCUT2D eigenvalue weighted by molar-refractivity contribution is 0.113. The first-order chi connectivity index (χ1) is 9.10. The summed E-state index contributed by atoms with van der Waals surface area (Å²) in [6.07, 6.45) is 0.944. The number of hydrogen-bond donors (Lipinski definition) is 2. The molecular weight excluding hydrogens is 332 g/mol. The van der Waals surface area contributed by atoms with Crippen molar-refractivity contribution in [3.63, 3.8) is 0 Å². The molecule has 0 spiro atoms. The van der Waals surface area contributed by atoms with Crippen molar-refractivity contribution in [1.82, 2.24) is 9.38 Å². The van der Waals surface area contributed by atoms with E-state index >= 15 is 0 Å². The summed E-state index contributed by atoms with van der Waals surface area (Å²) in [5.74, 6) is 0.941. The van der Waals surface area contributed by atoms with Gasteiger partial charge in [0, 0.05) is 28.2 Å². The molecule has 0 saturated heterocycles. The highest BCUT2D eigenvalue weighted by Gasteiger charge is 2.05. The molecule has 0 aromatic carbocycles. The molecule has 0 fully saturated rings. The van der Waals surface area contributed by atoms with Crippen molar-refractivity contribution in [1.29, 1.82) is 0 Å². The molecule has 0 radical (unpaired) electrons. The summed E-state index contributed by atoms with van der Waals surface area (Å²) in [5.41, 5.74) is 1.13. The van der Waals surface area contributed by atoms with E-state index in [2.05, 4.69) is 20.9 Å². The molecule has 0 saturated carbocycles. The fraction of sp³-hybridized carbons (Fsp3) is 0.333. The molecule has 2 N–H and O–H groups in total. The summed E-state index contributed by atoms with van der Waals surface area (Å²) in [6.45, 7) is -0.255. The summed E-state index contributed by atoms with van der Waals surface area (Å²) >= 11 is 4.74. The molecule has 7 heteroatoms. The molecule has 0 bridgehead atoms. The van der Waals surface area contributed by atoms with Gasteiger partial charge in [-0.25, -0.2) is 4.98 Å². The number of aliphatic hydroxyl groups is 2. The number of aromatic nitrogens is 2. The van der Waals surface area contributed by atoms with Crippen LogP contribution in [0, 0.1) is 0 Å². The van der Waals surface area contributed by atoms with Crippen LogP contribution >= 0.6 is 27.7 Å². The highest BCUT2D eigenvalue weighted by molar-refractivity contribution is 9.10. The van der Waals surface area contributed by atoms with Crippen molar-refractivity contribution in [3.05, 3.63) is 44.9 Å². The van der Waals surface area contributed by atoms with E-state index in [0.29, 0.717) is 22.8 Å². The Hall–Kier alpha value is -0.890. The quantitative estimate of drug-likeness (QED) is 0.847. The summed E-state index contributed by atoms with van der Waals surface area (Å²) in [6, 6.07) is 5.08. The first kappa shape index (κ1) is 14.5. The number of hydrogen-bond acceptors (Lipinski definition) is 5. The minimum atomic E-state index is -0.734. The maximum Gasteiger partial charge on any atom is 0.258 e. The number of fused-ring (bicyclic) bond motifs is 1. The SMILES string of the molecule is O=c1cc(CSCC(O)CO)nc2ccc(Br)cn12. The molecule has 2 aromatic heterocycles. The van der Waals surface area contributed by atoms with Crippen LogP contribution in [0.25, 0.3) is 5.65 Å². The van der Waals surface area contributed by atoms with E-state index in [9.17, 15) is 9.90 Å². The Labute approximate surface area is 122 Å². The van der Waals surface area contributed by atoms with E-state index in [1.807, 2.05) is 6.07 Å². The molecule has 1 atom stereocenters. The standard InChI is InChI=1S/C12H13BrN2O3S/c13-8-1-2-11-14-9(3-12(18)15(11)4-8)6-19-7-10(17)5-16/h1-4,10,16-17H,5-7H2. The third kappa shape index (κ3) is 3.79. The Morgan fingerprint density at radius 1 is 1.47 bits per heavy atom. The molecule has 2 rings (SSSR count). The molecule has 19 heavy (non-hydrogen) atoms. The highest BCUT2D eigenvalue weighted by Crippen LogP contribution is 2.13. The zero-order chi connectivity index (χ0) is 13.8. The summed E-state index contributed by atoms with van der Waals surface area (Å²) < 4.78 is 2.29. The third-order valence-electron chi connectivity index (χ3n) is 2.45. The number of rotatable bonds is 5. The van der Waals surface area contributed by atoms with Gasteiger partial charge in [-0.3, -0.25) is 9.20 Å². The van der Waals surface area contributed by atoms with E-state index in [4.69, 9.17) is 5.11 Å². The van der Waals surface area contributed by atoms with Crippen LogP contribution in [0.4, 0.5) is 0 Å². The fourth-order valence-electron chi connectivity index (χ4n) is 1.55. The van der Waals surface area contributed by atoms with Gasteiger partial charge in [0.05, 0.1) is 18.4 Å². The van der Waals surface area contributed by atoms with Gasteiger partial charge in [0.1, 0.15) is 5.65 Å². The maximum atomic E-state index is 11.9. The van der Waals surface area contributed by atoms with Crippen molar-refractivity contribution in [2.45, 2.75) is 11.9 Å². The maximum absolute atomic E-state index is 11.9. The second-order valence-electron chi connectivity index (χ2n) is 4.01. The van der Waals surface area contributed by atoms with Crippen molar-refractivity contribution in [2.75, 3.05) is 12.4 Å². The number of nitrogens with zero attached hydrogens (tertiary/aromatic N) is 2. The Morgan fingerprint density at radius 2 is 2.26 bits per heavy atom. The van der Waals surface area contributed by atoms with Gasteiger partial charge in [-0.15, -0.1) is 0 Å². The average molecular weight is 345 g/mol. The van der Waals surface area contributed by atoms with Crippen LogP contribution in [0.3, 0.4) is 0 Å². The van der Waals surface area contributed by atoms with E-state index in [-0.39, 0.29) is 12.2 Å². The van der Waals surface area contributed by atoms with Crippen LogP contribution in [0.15, 0.2) is 33.7 Å². The molecule has 1 unspecified atom stereocenters. The van der Waals surface area contributed by atoms with Gasteiger partial charge in [-0.2, -0.15) is 11.8 Å². The van der Waals surface area contributed by atoms with Crippen LogP contribution in [-0.2, 0) is 5.75 Å². The molecule has 2 aromatic rings. The first-order valence-electron chi connectivity index (χ1n) is 5.64. The number of thioether (sulfide) groups is 1. The average Bonchev–Trinajstić information content (AvgIpc) is 2.39. The van der Waals surface area contributed by atoms with Gasteiger partial charge < -0.3 is 10.2 Å².